The summed E-state index contributed by atoms with van der Waals surface area (Å²) in [5.41, 5.74) is -1.01. The summed E-state index contributed by atoms with van der Waals surface area (Å²) in [6, 6.07) is 3.70. The van der Waals surface area contributed by atoms with Gasteiger partial charge in [0.25, 0.3) is 0 Å². The fourth-order valence-electron chi connectivity index (χ4n) is 1.18. The second-order valence-corrected chi connectivity index (χ2v) is 5.63. The molecule has 0 saturated carbocycles. The molecule has 0 amide bonds. The lowest BCUT2D eigenvalue weighted by atomic mass is 10.1. The lowest BCUT2D eigenvalue weighted by Gasteiger charge is -2.17. The highest BCUT2D eigenvalue weighted by Gasteiger charge is 2.50. The molecule has 0 aliphatic rings. The molecule has 0 bridgehead atoms. The fraction of sp³-hybridized carbons (Fsp3) is 0.250. The summed E-state index contributed by atoms with van der Waals surface area (Å²) in [6.45, 7) is 0. The third kappa shape index (κ3) is 2.85. The normalized spacial score (nSPS) is 14.8. The van der Waals surface area contributed by atoms with E-state index in [2.05, 4.69) is 10.7 Å². The zero-order valence-corrected chi connectivity index (χ0v) is 9.07. The molecule has 2 nitrogen and oxygen atoms in total. The molecule has 1 rings (SSSR count). The largest absolute Gasteiger partial charge is 0.410 e. The van der Waals surface area contributed by atoms with Crippen LogP contribution in [0.25, 0.3) is 0 Å². The van der Waals surface area contributed by atoms with E-state index in [1.807, 2.05) is 0 Å². The number of halogens is 5. The van der Waals surface area contributed by atoms with Gasteiger partial charge in [-0.2, -0.15) is 13.2 Å². The van der Waals surface area contributed by atoms with Gasteiger partial charge in [-0.3, -0.25) is 0 Å². The van der Waals surface area contributed by atoms with Crippen molar-refractivity contribution < 1.29 is 26.0 Å². The number of hydrogen-bond donors (Lipinski definition) is 0. The average molecular weight is 277 g/mol. The van der Waals surface area contributed by atoms with Gasteiger partial charge in [-0.25, -0.2) is 12.8 Å². The molecule has 90 valence electrons. The highest BCUT2D eigenvalue weighted by atomic mass is 35.7. The Morgan fingerprint density at radius 3 is 2.06 bits per heavy atom. The molecule has 16 heavy (non-hydrogen) atoms. The summed E-state index contributed by atoms with van der Waals surface area (Å²) in [6.07, 6.45) is -5.16. The molecule has 1 aromatic rings. The van der Waals surface area contributed by atoms with E-state index in [0.29, 0.717) is 0 Å². The van der Waals surface area contributed by atoms with Crippen molar-refractivity contribution in [1.82, 2.24) is 0 Å². The van der Waals surface area contributed by atoms with E-state index in [9.17, 15) is 26.0 Å². The molecule has 0 aromatic heterocycles. The van der Waals surface area contributed by atoms with Crippen LogP contribution in [0.1, 0.15) is 10.8 Å². The van der Waals surface area contributed by atoms with Gasteiger partial charge in [-0.05, 0) is 6.07 Å². The second-order valence-electron chi connectivity index (χ2n) is 2.92. The van der Waals surface area contributed by atoms with Gasteiger partial charge in [-0.15, -0.1) is 0 Å². The fourth-order valence-corrected chi connectivity index (χ4v) is 2.58. The van der Waals surface area contributed by atoms with Gasteiger partial charge < -0.3 is 0 Å². The molecule has 0 saturated heterocycles. The van der Waals surface area contributed by atoms with Crippen LogP contribution in [0.4, 0.5) is 17.6 Å². The van der Waals surface area contributed by atoms with Crippen LogP contribution in [0.5, 0.6) is 0 Å². The van der Waals surface area contributed by atoms with Crippen molar-refractivity contribution in [2.75, 3.05) is 0 Å². The molecule has 1 atom stereocenters. The molecular formula is C8H5ClF4O2S. The zero-order chi connectivity index (χ0) is 12.6. The van der Waals surface area contributed by atoms with E-state index in [1.54, 1.807) is 0 Å². The Morgan fingerprint density at radius 1 is 1.19 bits per heavy atom. The molecule has 1 aromatic carbocycles. The monoisotopic (exact) mass is 276 g/mol. The van der Waals surface area contributed by atoms with Crippen molar-refractivity contribution in [3.05, 3.63) is 35.6 Å². The minimum absolute atomic E-state index is 0.730. The maximum Gasteiger partial charge on any atom is 0.410 e. The zero-order valence-electron chi connectivity index (χ0n) is 7.50. The first-order valence-corrected chi connectivity index (χ1v) is 6.26. The van der Waals surface area contributed by atoms with E-state index in [-0.39, 0.29) is 0 Å². The summed E-state index contributed by atoms with van der Waals surface area (Å²) in [5.74, 6) is -1.27. The third-order valence-electron chi connectivity index (χ3n) is 1.77. The lowest BCUT2D eigenvalue weighted by molar-refractivity contribution is -0.131. The quantitative estimate of drug-likeness (QED) is 0.615. The van der Waals surface area contributed by atoms with Crippen LogP contribution >= 0.6 is 10.7 Å². The molecule has 0 heterocycles. The molecule has 0 aliphatic carbocycles. The van der Waals surface area contributed by atoms with E-state index in [4.69, 9.17) is 0 Å². The SMILES string of the molecule is O=S(=O)(Cl)C(c1ccccc1F)C(F)(F)F. The van der Waals surface area contributed by atoms with Gasteiger partial charge in [0.15, 0.2) is 5.25 Å². The van der Waals surface area contributed by atoms with Crippen LogP contribution in [-0.4, -0.2) is 14.6 Å². The molecule has 1 unspecified atom stereocenters. The number of alkyl halides is 3. The Morgan fingerprint density at radius 2 is 1.69 bits per heavy atom. The van der Waals surface area contributed by atoms with Gasteiger partial charge in [-0.1, -0.05) is 18.2 Å². The summed E-state index contributed by atoms with van der Waals surface area (Å²) >= 11 is 0. The minimum atomic E-state index is -5.16. The van der Waals surface area contributed by atoms with Gasteiger partial charge in [0.1, 0.15) is 5.82 Å². The van der Waals surface area contributed by atoms with Crippen LogP contribution in [0.15, 0.2) is 24.3 Å². The number of rotatable bonds is 2. The van der Waals surface area contributed by atoms with Crippen LogP contribution in [0, 0.1) is 5.82 Å². The predicted octanol–water partition coefficient (Wildman–Crippen LogP) is 3.00. The van der Waals surface area contributed by atoms with Crippen LogP contribution in [0.2, 0.25) is 0 Å². The predicted molar refractivity (Wildman–Crippen MR) is 50.0 cm³/mol. The first-order valence-electron chi connectivity index (χ1n) is 3.88. The average Bonchev–Trinajstić information content (AvgIpc) is 2.03. The molecule has 0 N–H and O–H groups in total. The van der Waals surface area contributed by atoms with Gasteiger partial charge >= 0.3 is 6.18 Å². The van der Waals surface area contributed by atoms with E-state index in [1.165, 1.54) is 0 Å². The molecule has 0 aliphatic heterocycles. The molecule has 8 heteroatoms. The first-order chi connectivity index (χ1) is 7.14. The summed E-state index contributed by atoms with van der Waals surface area (Å²) in [7, 11) is -0.315. The summed E-state index contributed by atoms with van der Waals surface area (Å²) in [4.78, 5) is 0. The maximum absolute atomic E-state index is 13.1. The van der Waals surface area contributed by atoms with E-state index < -0.39 is 31.9 Å². The highest BCUT2D eigenvalue weighted by Crippen LogP contribution is 2.41. The summed E-state index contributed by atoms with van der Waals surface area (Å²) in [5, 5.41) is -3.05. The lowest BCUT2D eigenvalue weighted by Crippen LogP contribution is -2.26. The Kier molecular flexibility index (Phi) is 3.49. The van der Waals surface area contributed by atoms with Crippen molar-refractivity contribution in [1.29, 1.82) is 0 Å². The van der Waals surface area contributed by atoms with Crippen LogP contribution < -0.4 is 0 Å². The van der Waals surface area contributed by atoms with E-state index >= 15 is 0 Å². The van der Waals surface area contributed by atoms with E-state index in [0.717, 1.165) is 24.3 Å². The summed E-state index contributed by atoms with van der Waals surface area (Å²) < 4.78 is 72.1. The number of benzene rings is 1. The van der Waals surface area contributed by atoms with Crippen LogP contribution in [0.3, 0.4) is 0 Å². The third-order valence-corrected chi connectivity index (χ3v) is 3.39. The smallest absolute Gasteiger partial charge is 0.211 e. The Labute approximate surface area is 93.3 Å². The van der Waals surface area contributed by atoms with Crippen molar-refractivity contribution in [3.63, 3.8) is 0 Å². The first kappa shape index (κ1) is 13.2. The standard InChI is InChI=1S/C8H5ClF4O2S/c9-16(14,15)7(8(11,12)13)5-3-1-2-4-6(5)10/h1-4,7H. The highest BCUT2D eigenvalue weighted by molar-refractivity contribution is 8.14. The van der Waals surface area contributed by atoms with Crippen LogP contribution in [-0.2, 0) is 9.05 Å². The van der Waals surface area contributed by atoms with Crippen molar-refractivity contribution in [2.24, 2.45) is 0 Å². The topological polar surface area (TPSA) is 34.1 Å². The number of hydrogen-bond acceptors (Lipinski definition) is 2. The Bertz CT molecular complexity index is 483. The van der Waals surface area contributed by atoms with Gasteiger partial charge in [0.05, 0.1) is 0 Å². The Balaban J connectivity index is 3.41. The second kappa shape index (κ2) is 4.21. The molecule has 0 spiro atoms. The van der Waals surface area contributed by atoms with Crippen molar-refractivity contribution >= 4 is 19.7 Å². The molecule has 0 radical (unpaired) electrons. The Hall–Kier alpha value is -0.820. The molecular weight excluding hydrogens is 272 g/mol. The van der Waals surface area contributed by atoms with Gasteiger partial charge in [0.2, 0.25) is 9.05 Å². The maximum atomic E-state index is 13.1. The minimum Gasteiger partial charge on any atom is -0.211 e. The van der Waals surface area contributed by atoms with Crippen molar-refractivity contribution in [3.8, 4) is 0 Å². The molecule has 0 fully saturated rings. The van der Waals surface area contributed by atoms with Crippen molar-refractivity contribution in [2.45, 2.75) is 11.4 Å². The van der Waals surface area contributed by atoms with Gasteiger partial charge in [0, 0.05) is 16.2 Å².